The number of hydrogen-bond donors (Lipinski definition) is 0. The molecule has 0 aromatic rings. The third kappa shape index (κ3) is 16.0. The van der Waals surface area contributed by atoms with Crippen molar-refractivity contribution in [1.82, 2.24) is 9.80 Å². The van der Waals surface area contributed by atoms with Gasteiger partial charge in [0.1, 0.15) is 5.60 Å². The van der Waals surface area contributed by atoms with Crippen LogP contribution in [0.25, 0.3) is 0 Å². The molecule has 0 saturated carbocycles. The summed E-state index contributed by atoms with van der Waals surface area (Å²) < 4.78 is 5.49. The maximum absolute atomic E-state index is 12.3. The number of piperazine rings is 1. The van der Waals surface area contributed by atoms with Crippen LogP contribution in [0.4, 0.5) is 4.79 Å². The van der Waals surface area contributed by atoms with Crippen LogP contribution in [-0.2, 0) is 4.74 Å². The number of ether oxygens (including phenoxy) is 1. The molecule has 5 heteroatoms. The van der Waals surface area contributed by atoms with Gasteiger partial charge in [0.25, 0.3) is 0 Å². The number of nitrogens with zero attached hydrogens (tertiary/aromatic N) is 3. The number of carbonyl (C=O) groups excluding carboxylic acids is 1. The van der Waals surface area contributed by atoms with Gasteiger partial charge in [-0.3, -0.25) is 4.99 Å². The number of allylic oxidation sites excluding steroid dienone is 11. The second-order valence-electron chi connectivity index (χ2n) is 10.9. The van der Waals surface area contributed by atoms with Crippen molar-refractivity contribution in [2.75, 3.05) is 26.2 Å². The van der Waals surface area contributed by atoms with E-state index in [2.05, 4.69) is 108 Å². The molecule has 220 valence electrons. The number of amides is 1. The Balaban J connectivity index is 0.00000101. The molecule has 1 aliphatic rings. The summed E-state index contributed by atoms with van der Waals surface area (Å²) in [5, 5.41) is 0. The topological polar surface area (TPSA) is 45.1 Å². The molecule has 0 spiro atoms. The van der Waals surface area contributed by atoms with E-state index in [4.69, 9.17) is 4.74 Å². The van der Waals surface area contributed by atoms with E-state index >= 15 is 0 Å². The van der Waals surface area contributed by atoms with Gasteiger partial charge in [-0.05, 0) is 80.2 Å². The van der Waals surface area contributed by atoms with Crippen LogP contribution in [0.2, 0.25) is 0 Å². The minimum absolute atomic E-state index is 0.226. The quantitative estimate of drug-likeness (QED) is 0.205. The lowest BCUT2D eigenvalue weighted by atomic mass is 10.00. The van der Waals surface area contributed by atoms with Crippen LogP contribution < -0.4 is 0 Å². The number of aliphatic imine (C=N–C) groups is 1. The highest BCUT2D eigenvalue weighted by atomic mass is 16.6. The average molecular weight is 540 g/mol. The van der Waals surface area contributed by atoms with Gasteiger partial charge in [0.05, 0.1) is 0 Å². The molecule has 0 aliphatic carbocycles. The van der Waals surface area contributed by atoms with Gasteiger partial charge >= 0.3 is 6.09 Å². The molecule has 1 rings (SSSR count). The number of hydrogen-bond acceptors (Lipinski definition) is 4. The highest BCUT2D eigenvalue weighted by Gasteiger charge is 2.26. The summed E-state index contributed by atoms with van der Waals surface area (Å²) in [6, 6.07) is 0. The zero-order valence-electron chi connectivity index (χ0n) is 26.9. The van der Waals surface area contributed by atoms with Gasteiger partial charge in [0.15, 0.2) is 0 Å². The van der Waals surface area contributed by atoms with Crippen molar-refractivity contribution in [3.05, 3.63) is 71.1 Å². The Labute approximate surface area is 240 Å². The molecule has 1 aliphatic heterocycles. The minimum Gasteiger partial charge on any atom is -0.444 e. The monoisotopic (exact) mass is 539 g/mol. The van der Waals surface area contributed by atoms with Crippen molar-refractivity contribution < 1.29 is 9.53 Å². The molecule has 1 heterocycles. The summed E-state index contributed by atoms with van der Waals surface area (Å²) in [6.45, 7) is 25.6. The van der Waals surface area contributed by atoms with Gasteiger partial charge in [0.2, 0.25) is 0 Å². The van der Waals surface area contributed by atoms with E-state index in [1.54, 1.807) is 4.90 Å². The Hall–Kier alpha value is -2.82. The molecule has 1 amide bonds. The first-order valence-electron chi connectivity index (χ1n) is 14.7. The molecule has 0 bridgehead atoms. The van der Waals surface area contributed by atoms with Gasteiger partial charge in [-0.2, -0.15) is 0 Å². The van der Waals surface area contributed by atoms with E-state index in [1.807, 2.05) is 27.0 Å². The Bertz CT molecular complexity index is 932. The van der Waals surface area contributed by atoms with Crippen molar-refractivity contribution in [3.63, 3.8) is 0 Å². The van der Waals surface area contributed by atoms with Crippen LogP contribution in [0.3, 0.4) is 0 Å². The van der Waals surface area contributed by atoms with E-state index in [9.17, 15) is 4.79 Å². The fraction of sp³-hybridized carbons (Fsp3) is 0.588. The second-order valence-corrected chi connectivity index (χ2v) is 10.9. The van der Waals surface area contributed by atoms with Crippen molar-refractivity contribution >= 4 is 11.8 Å². The summed E-state index contributed by atoms with van der Waals surface area (Å²) in [5.74, 6) is 0. The first-order valence-corrected chi connectivity index (χ1v) is 14.7. The van der Waals surface area contributed by atoms with Crippen LogP contribution in [0, 0.1) is 0 Å². The van der Waals surface area contributed by atoms with E-state index in [1.165, 1.54) is 35.3 Å². The number of carbonyl (C=O) groups is 1. The molecule has 0 radical (unpaired) electrons. The van der Waals surface area contributed by atoms with E-state index in [0.717, 1.165) is 31.6 Å². The molecule has 5 nitrogen and oxygen atoms in total. The summed E-state index contributed by atoms with van der Waals surface area (Å²) in [7, 11) is 0. The molecule has 0 aromatic carbocycles. The van der Waals surface area contributed by atoms with Crippen molar-refractivity contribution in [1.29, 1.82) is 0 Å². The largest absolute Gasteiger partial charge is 0.444 e. The standard InChI is InChI=1S/C22H37N3O2.C12H20/c1-9-11-12-23-18(4)20(17(3)10-2)19(5)24-13-15-25(16-14-24)21(26)27-22(6,7)8;1-4-6-7-8-9-11-12(3)10-5-2/h10-12H,9,13-16H2,1-8H3;6-9,11H,4-5,10H2,1-3H3/b12-11+,17-10-,20-19+,23-18+;7-6+,9-8-,12-11+. The maximum atomic E-state index is 12.3. The fourth-order valence-electron chi connectivity index (χ4n) is 4.00. The van der Waals surface area contributed by atoms with Gasteiger partial charge in [-0.15, -0.1) is 0 Å². The lowest BCUT2D eigenvalue weighted by molar-refractivity contribution is 0.0168. The lowest BCUT2D eigenvalue weighted by Crippen LogP contribution is -2.49. The Kier molecular flexibility index (Phi) is 18.7. The maximum Gasteiger partial charge on any atom is 0.410 e. The molecular weight excluding hydrogens is 482 g/mol. The van der Waals surface area contributed by atoms with Crippen LogP contribution in [0.1, 0.15) is 102 Å². The summed E-state index contributed by atoms with van der Waals surface area (Å²) in [5.41, 5.74) is 5.62. The normalized spacial score (nSPS) is 16.6. The zero-order chi connectivity index (χ0) is 29.8. The predicted octanol–water partition coefficient (Wildman–Crippen LogP) is 9.42. The average Bonchev–Trinajstić information content (AvgIpc) is 2.88. The third-order valence-electron chi connectivity index (χ3n) is 6.19. The minimum atomic E-state index is -0.459. The van der Waals surface area contributed by atoms with Crippen molar-refractivity contribution in [2.45, 2.75) is 107 Å². The van der Waals surface area contributed by atoms with Crippen LogP contribution in [-0.4, -0.2) is 53.4 Å². The summed E-state index contributed by atoms with van der Waals surface area (Å²) >= 11 is 0. The molecule has 39 heavy (non-hydrogen) atoms. The van der Waals surface area contributed by atoms with Crippen LogP contribution >= 0.6 is 0 Å². The SMILES string of the molecule is CC/C=C/C=C\C=C(/C)CCC.C\C=C(C)/C(C(/C)=N/C=C/CC)=C(/C)N1CCN(C(=O)OC(C)(C)C)CC1. The van der Waals surface area contributed by atoms with Crippen molar-refractivity contribution in [2.24, 2.45) is 4.99 Å². The Morgan fingerprint density at radius 3 is 1.97 bits per heavy atom. The van der Waals surface area contributed by atoms with Crippen molar-refractivity contribution in [3.8, 4) is 0 Å². The van der Waals surface area contributed by atoms with Gasteiger partial charge in [0, 0.05) is 49.4 Å². The highest BCUT2D eigenvalue weighted by molar-refractivity contribution is 6.02. The highest BCUT2D eigenvalue weighted by Crippen LogP contribution is 2.22. The summed E-state index contributed by atoms with van der Waals surface area (Å²) in [4.78, 5) is 21.0. The molecule has 0 unspecified atom stereocenters. The van der Waals surface area contributed by atoms with E-state index in [0.29, 0.717) is 13.1 Å². The Morgan fingerprint density at radius 2 is 1.46 bits per heavy atom. The van der Waals surface area contributed by atoms with Gasteiger partial charge < -0.3 is 14.5 Å². The van der Waals surface area contributed by atoms with E-state index in [-0.39, 0.29) is 6.09 Å². The Morgan fingerprint density at radius 1 is 0.872 bits per heavy atom. The number of rotatable bonds is 10. The summed E-state index contributed by atoms with van der Waals surface area (Å²) in [6.07, 6.45) is 21.0. The molecule has 0 N–H and O–H groups in total. The third-order valence-corrected chi connectivity index (χ3v) is 6.19. The lowest BCUT2D eigenvalue weighted by Gasteiger charge is -2.38. The second kappa shape index (κ2) is 20.1. The van der Waals surface area contributed by atoms with Gasteiger partial charge in [-0.1, -0.05) is 75.3 Å². The van der Waals surface area contributed by atoms with Gasteiger partial charge in [-0.25, -0.2) is 4.79 Å². The van der Waals surface area contributed by atoms with E-state index < -0.39 is 5.60 Å². The predicted molar refractivity (Wildman–Crippen MR) is 171 cm³/mol. The molecule has 0 aromatic heterocycles. The molecule has 1 fully saturated rings. The molecule has 1 saturated heterocycles. The zero-order valence-corrected chi connectivity index (χ0v) is 26.9. The molecule has 0 atom stereocenters. The van der Waals surface area contributed by atoms with Crippen LogP contribution in [0.5, 0.6) is 0 Å². The first kappa shape index (κ1) is 36.2. The first-order chi connectivity index (χ1) is 18.4. The van der Waals surface area contributed by atoms with Crippen LogP contribution in [0.15, 0.2) is 76.1 Å². The smallest absolute Gasteiger partial charge is 0.410 e. The fourth-order valence-corrected chi connectivity index (χ4v) is 4.00. The molecular formula is C34H57N3O2.